The van der Waals surface area contributed by atoms with Crippen LogP contribution in [0.1, 0.15) is 34.9 Å². The molecule has 8 nitrogen and oxygen atoms in total. The molecule has 0 radical (unpaired) electrons. The minimum atomic E-state index is -4.85. The number of hydrogen-bond acceptors (Lipinski definition) is 7. The number of benzene rings is 1. The average Bonchev–Trinajstić information content (AvgIpc) is 3.26. The number of hydrogen-bond donors (Lipinski definition) is 2. The number of carbonyl (C=O) groups is 1. The van der Waals surface area contributed by atoms with Gasteiger partial charge in [0.05, 0.1) is 5.69 Å². The number of nitrogens with two attached hydrogens (primary N) is 1. The predicted molar refractivity (Wildman–Crippen MR) is 114 cm³/mol. The Morgan fingerprint density at radius 2 is 1.94 bits per heavy atom. The quantitative estimate of drug-likeness (QED) is 0.321. The number of thiophene rings is 1. The maximum absolute atomic E-state index is 13.3. The fourth-order valence-corrected chi connectivity index (χ4v) is 4.34. The molecule has 3 aromatic heterocycles. The first kappa shape index (κ1) is 22.5. The SMILES string of the molecule is CC(C)Cc1ccc2c(N)c(C(=O)c3c(=O)o[nH][n+]3-c3ccc(OC(F)(F)F)cc3)sc2n1. The third kappa shape index (κ3) is 4.60. The number of rotatable bonds is 6. The minimum absolute atomic E-state index is 0.108. The lowest BCUT2D eigenvalue weighted by Crippen LogP contribution is -2.41. The van der Waals surface area contributed by atoms with Gasteiger partial charge in [-0.3, -0.25) is 9.32 Å². The van der Waals surface area contributed by atoms with Crippen molar-refractivity contribution in [1.82, 2.24) is 10.3 Å². The van der Waals surface area contributed by atoms with Crippen LogP contribution < -0.4 is 20.8 Å². The molecule has 0 fully saturated rings. The second kappa shape index (κ2) is 8.35. The maximum Gasteiger partial charge on any atom is 0.573 e. The smallest absolute Gasteiger partial charge is 0.406 e. The molecule has 0 aliphatic rings. The molecule has 3 N–H and O–H groups in total. The summed E-state index contributed by atoms with van der Waals surface area (Å²) >= 11 is 1.05. The topological polar surface area (TPSA) is 115 Å². The highest BCUT2D eigenvalue weighted by Crippen LogP contribution is 2.34. The van der Waals surface area contributed by atoms with Crippen LogP contribution in [0, 0.1) is 5.92 Å². The molecule has 0 bridgehead atoms. The molecule has 12 heteroatoms. The molecular weight excluding hydrogens is 461 g/mol. The Bertz CT molecular complexity index is 1390. The van der Waals surface area contributed by atoms with Crippen LogP contribution >= 0.6 is 11.3 Å². The van der Waals surface area contributed by atoms with Crippen LogP contribution in [0.15, 0.2) is 45.7 Å². The van der Waals surface area contributed by atoms with Crippen LogP contribution in [0.2, 0.25) is 0 Å². The monoisotopic (exact) mass is 479 g/mol. The van der Waals surface area contributed by atoms with E-state index in [0.717, 1.165) is 40.3 Å². The van der Waals surface area contributed by atoms with Crippen LogP contribution in [0.5, 0.6) is 5.75 Å². The van der Waals surface area contributed by atoms with Gasteiger partial charge in [-0.25, -0.2) is 9.78 Å². The number of aromatic nitrogens is 3. The van der Waals surface area contributed by atoms with E-state index in [1.165, 1.54) is 12.1 Å². The zero-order chi connectivity index (χ0) is 23.9. The van der Waals surface area contributed by atoms with Crippen molar-refractivity contribution in [3.8, 4) is 11.4 Å². The average molecular weight is 479 g/mol. The number of carbonyl (C=O) groups excluding carboxylic acids is 1. The van der Waals surface area contributed by atoms with E-state index in [9.17, 15) is 22.8 Å². The molecule has 3 heterocycles. The van der Waals surface area contributed by atoms with E-state index >= 15 is 0 Å². The van der Waals surface area contributed by atoms with Gasteiger partial charge in [-0.15, -0.1) is 24.5 Å². The number of fused-ring (bicyclic) bond motifs is 1. The van der Waals surface area contributed by atoms with Crippen molar-refractivity contribution >= 4 is 33.0 Å². The van der Waals surface area contributed by atoms with Gasteiger partial charge in [0.15, 0.2) is 0 Å². The summed E-state index contributed by atoms with van der Waals surface area (Å²) in [7, 11) is 0. The van der Waals surface area contributed by atoms with Gasteiger partial charge in [0, 0.05) is 23.2 Å². The number of nitrogens with zero attached hydrogens (tertiary/aromatic N) is 2. The summed E-state index contributed by atoms with van der Waals surface area (Å²) in [6.07, 6.45) is -4.09. The Labute approximate surface area is 188 Å². The lowest BCUT2D eigenvalue weighted by atomic mass is 10.1. The predicted octanol–water partition coefficient (Wildman–Crippen LogP) is 3.76. The summed E-state index contributed by atoms with van der Waals surface area (Å²) in [6, 6.07) is 8.19. The van der Waals surface area contributed by atoms with Gasteiger partial charge >= 0.3 is 17.7 Å². The third-order valence-electron chi connectivity index (χ3n) is 4.67. The second-order valence-electron chi connectivity index (χ2n) is 7.63. The Hall–Kier alpha value is -3.67. The van der Waals surface area contributed by atoms with Gasteiger partial charge in [-0.1, -0.05) is 13.8 Å². The van der Waals surface area contributed by atoms with Crippen molar-refractivity contribution in [2.45, 2.75) is 26.6 Å². The van der Waals surface area contributed by atoms with Gasteiger partial charge in [0.25, 0.3) is 5.78 Å². The molecule has 0 saturated carbocycles. The van der Waals surface area contributed by atoms with Crippen molar-refractivity contribution < 1.29 is 31.9 Å². The first-order valence-corrected chi connectivity index (χ1v) is 10.6. The molecule has 1 aromatic carbocycles. The zero-order valence-corrected chi connectivity index (χ0v) is 18.2. The molecule has 172 valence electrons. The molecule has 0 spiro atoms. The molecular formula is C21H18F3N4O4S+. The van der Waals surface area contributed by atoms with Crippen LogP contribution in [0.3, 0.4) is 0 Å². The summed E-state index contributed by atoms with van der Waals surface area (Å²) in [5.74, 6) is -0.765. The molecule has 0 unspecified atom stereocenters. The highest BCUT2D eigenvalue weighted by Gasteiger charge is 2.35. The Kier molecular flexibility index (Phi) is 5.70. The summed E-state index contributed by atoms with van der Waals surface area (Å²) in [4.78, 5) is 30.8. The number of anilines is 1. The lowest BCUT2D eigenvalue weighted by molar-refractivity contribution is -0.672. The van der Waals surface area contributed by atoms with E-state index < -0.39 is 23.5 Å². The maximum atomic E-state index is 13.3. The van der Waals surface area contributed by atoms with Crippen molar-refractivity contribution in [2.75, 3.05) is 5.73 Å². The highest BCUT2D eigenvalue weighted by molar-refractivity contribution is 7.21. The van der Waals surface area contributed by atoms with Gasteiger partial charge < -0.3 is 10.5 Å². The van der Waals surface area contributed by atoms with E-state index in [1.807, 2.05) is 6.07 Å². The van der Waals surface area contributed by atoms with Crippen LogP contribution in [0.4, 0.5) is 18.9 Å². The van der Waals surface area contributed by atoms with Crippen LogP contribution in [-0.2, 0) is 6.42 Å². The number of halogens is 3. The molecule has 33 heavy (non-hydrogen) atoms. The van der Waals surface area contributed by atoms with E-state index in [1.54, 1.807) is 6.07 Å². The summed E-state index contributed by atoms with van der Waals surface area (Å²) < 4.78 is 46.8. The molecule has 0 aliphatic heterocycles. The summed E-state index contributed by atoms with van der Waals surface area (Å²) in [5.41, 5.74) is 6.06. The van der Waals surface area contributed by atoms with Crippen molar-refractivity contribution in [3.63, 3.8) is 0 Å². The van der Waals surface area contributed by atoms with Crippen molar-refractivity contribution in [2.24, 2.45) is 5.92 Å². The number of aromatic amines is 1. The van der Waals surface area contributed by atoms with Crippen molar-refractivity contribution in [3.05, 3.63) is 63.1 Å². The van der Waals surface area contributed by atoms with Crippen molar-refractivity contribution in [1.29, 1.82) is 0 Å². The number of alkyl halides is 3. The Morgan fingerprint density at radius 1 is 1.24 bits per heavy atom. The van der Waals surface area contributed by atoms with Crippen LogP contribution in [-0.4, -0.2) is 22.4 Å². The molecule has 0 amide bonds. The highest BCUT2D eigenvalue weighted by atomic mass is 32.1. The number of pyridine rings is 1. The van der Waals surface area contributed by atoms with E-state index in [-0.39, 0.29) is 21.9 Å². The fourth-order valence-electron chi connectivity index (χ4n) is 3.29. The number of nitrogens with one attached hydrogen (secondary N) is 1. The molecule has 4 aromatic rings. The Morgan fingerprint density at radius 3 is 2.58 bits per heavy atom. The third-order valence-corrected chi connectivity index (χ3v) is 5.78. The zero-order valence-electron chi connectivity index (χ0n) is 17.4. The largest absolute Gasteiger partial charge is 0.573 e. The number of nitrogen functional groups attached to an aromatic ring is 1. The number of H-pyrrole nitrogens is 1. The minimum Gasteiger partial charge on any atom is -0.406 e. The van der Waals surface area contributed by atoms with Gasteiger partial charge in [-0.2, -0.15) is 0 Å². The second-order valence-corrected chi connectivity index (χ2v) is 8.63. The summed E-state index contributed by atoms with van der Waals surface area (Å²) in [5, 5.41) is 2.88. The standard InChI is InChI=1S/C21H17F3N4O4S/c1-10(2)9-11-3-8-14-15(25)18(33-19(14)26-11)17(29)16-20(30)32-27-28(16)12-4-6-13(7-5-12)31-21(22,23)24/h3-8,10H,9H2,1-2H3,(H2-,25,27,29,30)/p+1. The summed E-state index contributed by atoms with van der Waals surface area (Å²) in [6.45, 7) is 4.13. The van der Waals surface area contributed by atoms with E-state index in [2.05, 4.69) is 28.8 Å². The van der Waals surface area contributed by atoms with Crippen LogP contribution in [0.25, 0.3) is 15.9 Å². The number of ether oxygens (including phenoxy) is 1. The van der Waals surface area contributed by atoms with Gasteiger partial charge in [0.2, 0.25) is 5.69 Å². The normalized spacial score (nSPS) is 11.9. The van der Waals surface area contributed by atoms with E-state index in [4.69, 9.17) is 10.3 Å². The lowest BCUT2D eigenvalue weighted by Gasteiger charge is -2.07. The molecule has 0 saturated heterocycles. The first-order valence-electron chi connectivity index (χ1n) is 9.76. The van der Waals surface area contributed by atoms with Gasteiger partial charge in [0.1, 0.15) is 15.5 Å². The molecule has 4 rings (SSSR count). The van der Waals surface area contributed by atoms with E-state index in [0.29, 0.717) is 16.1 Å². The first-order chi connectivity index (χ1) is 15.5. The Balaban J connectivity index is 1.72. The fraction of sp³-hybridized carbons (Fsp3) is 0.238. The number of ketones is 1. The molecule has 0 atom stereocenters. The molecule has 0 aliphatic carbocycles. The van der Waals surface area contributed by atoms with Gasteiger partial charge in [-0.05, 0) is 46.6 Å².